The van der Waals surface area contributed by atoms with Crippen LogP contribution in [-0.4, -0.2) is 36.5 Å². The van der Waals surface area contributed by atoms with Crippen molar-refractivity contribution in [1.82, 2.24) is 10.2 Å². The molecule has 0 aromatic heterocycles. The smallest absolute Gasteiger partial charge is 0.222 e. The highest BCUT2D eigenvalue weighted by atomic mass is 16.2. The fourth-order valence-corrected chi connectivity index (χ4v) is 2.54. The summed E-state index contributed by atoms with van der Waals surface area (Å²) in [6, 6.07) is 1.22. The van der Waals surface area contributed by atoms with Crippen LogP contribution in [0, 0.1) is 5.92 Å². The average molecular weight is 210 g/mol. The summed E-state index contributed by atoms with van der Waals surface area (Å²) in [5.74, 6) is 1.21. The SMILES string of the molecule is CCC(NC1CCC(=O)N(C)C1)C1CC1. The molecule has 0 radical (unpaired) electrons. The summed E-state index contributed by atoms with van der Waals surface area (Å²) < 4.78 is 0. The number of nitrogens with zero attached hydrogens (tertiary/aromatic N) is 1. The van der Waals surface area contributed by atoms with Crippen molar-refractivity contribution < 1.29 is 4.79 Å². The van der Waals surface area contributed by atoms with Gasteiger partial charge in [-0.15, -0.1) is 0 Å². The Balaban J connectivity index is 1.81. The molecule has 0 aromatic rings. The van der Waals surface area contributed by atoms with Crippen molar-refractivity contribution in [1.29, 1.82) is 0 Å². The first kappa shape index (κ1) is 10.9. The second-order valence-corrected chi connectivity index (χ2v) is 5.03. The van der Waals surface area contributed by atoms with Gasteiger partial charge >= 0.3 is 0 Å². The Bertz CT molecular complexity index is 238. The first-order chi connectivity index (χ1) is 7.20. The third kappa shape index (κ3) is 2.71. The number of carbonyl (C=O) groups excluding carboxylic acids is 1. The number of likely N-dealkylation sites (N-methyl/N-ethyl adjacent to an activating group) is 1. The van der Waals surface area contributed by atoms with E-state index in [1.165, 1.54) is 19.3 Å². The molecule has 1 saturated heterocycles. The van der Waals surface area contributed by atoms with Crippen LogP contribution in [0.15, 0.2) is 0 Å². The molecule has 0 spiro atoms. The van der Waals surface area contributed by atoms with Crippen LogP contribution < -0.4 is 5.32 Å². The molecule has 1 N–H and O–H groups in total. The van der Waals surface area contributed by atoms with Gasteiger partial charge in [0.15, 0.2) is 0 Å². The molecule has 1 heterocycles. The Labute approximate surface area is 92.2 Å². The minimum Gasteiger partial charge on any atom is -0.344 e. The summed E-state index contributed by atoms with van der Waals surface area (Å²) >= 11 is 0. The minimum absolute atomic E-state index is 0.299. The Morgan fingerprint density at radius 1 is 1.47 bits per heavy atom. The predicted octanol–water partition coefficient (Wildman–Crippen LogP) is 1.39. The third-order valence-electron chi connectivity index (χ3n) is 3.71. The highest BCUT2D eigenvalue weighted by Gasteiger charge is 2.32. The van der Waals surface area contributed by atoms with E-state index in [4.69, 9.17) is 0 Å². The first-order valence-electron chi connectivity index (χ1n) is 6.20. The number of nitrogens with one attached hydrogen (secondary N) is 1. The zero-order valence-corrected chi connectivity index (χ0v) is 9.83. The molecule has 15 heavy (non-hydrogen) atoms. The summed E-state index contributed by atoms with van der Waals surface area (Å²) in [5.41, 5.74) is 0. The molecule has 86 valence electrons. The normalized spacial score (nSPS) is 29.3. The van der Waals surface area contributed by atoms with Crippen LogP contribution in [-0.2, 0) is 4.79 Å². The van der Waals surface area contributed by atoms with E-state index < -0.39 is 0 Å². The summed E-state index contributed by atoms with van der Waals surface area (Å²) in [4.78, 5) is 13.2. The molecule has 0 aromatic carbocycles. The molecule has 1 aliphatic heterocycles. The maximum Gasteiger partial charge on any atom is 0.222 e. The van der Waals surface area contributed by atoms with Crippen molar-refractivity contribution in [2.75, 3.05) is 13.6 Å². The van der Waals surface area contributed by atoms with Crippen molar-refractivity contribution in [3.63, 3.8) is 0 Å². The highest BCUT2D eigenvalue weighted by molar-refractivity contribution is 5.76. The van der Waals surface area contributed by atoms with E-state index in [9.17, 15) is 4.79 Å². The topological polar surface area (TPSA) is 32.3 Å². The van der Waals surface area contributed by atoms with Crippen molar-refractivity contribution in [3.05, 3.63) is 0 Å². The maximum atomic E-state index is 11.3. The van der Waals surface area contributed by atoms with Crippen LogP contribution in [0.25, 0.3) is 0 Å². The molecule has 2 rings (SSSR count). The molecule has 2 atom stereocenters. The fourth-order valence-electron chi connectivity index (χ4n) is 2.54. The molecule has 1 saturated carbocycles. The van der Waals surface area contributed by atoms with Crippen molar-refractivity contribution in [3.8, 4) is 0 Å². The fraction of sp³-hybridized carbons (Fsp3) is 0.917. The maximum absolute atomic E-state index is 11.3. The monoisotopic (exact) mass is 210 g/mol. The number of amides is 1. The van der Waals surface area contributed by atoms with Gasteiger partial charge in [0.2, 0.25) is 5.91 Å². The molecule has 3 heteroatoms. The van der Waals surface area contributed by atoms with E-state index in [1.807, 2.05) is 11.9 Å². The van der Waals surface area contributed by atoms with E-state index in [0.29, 0.717) is 18.0 Å². The number of piperidine rings is 1. The summed E-state index contributed by atoms with van der Waals surface area (Å²) in [5, 5.41) is 3.72. The summed E-state index contributed by atoms with van der Waals surface area (Å²) in [7, 11) is 1.91. The van der Waals surface area contributed by atoms with Gasteiger partial charge in [0.05, 0.1) is 0 Å². The van der Waals surface area contributed by atoms with Gasteiger partial charge in [-0.2, -0.15) is 0 Å². The molecule has 2 unspecified atom stereocenters. The lowest BCUT2D eigenvalue weighted by molar-refractivity contribution is -0.132. The zero-order valence-electron chi connectivity index (χ0n) is 9.83. The molecule has 2 aliphatic rings. The number of likely N-dealkylation sites (tertiary alicyclic amines) is 1. The molecule has 2 fully saturated rings. The van der Waals surface area contributed by atoms with Crippen LogP contribution in [0.1, 0.15) is 39.0 Å². The molecule has 0 bridgehead atoms. The quantitative estimate of drug-likeness (QED) is 0.760. The second-order valence-electron chi connectivity index (χ2n) is 5.03. The van der Waals surface area contributed by atoms with Gasteiger partial charge in [0.1, 0.15) is 0 Å². The van der Waals surface area contributed by atoms with Crippen LogP contribution >= 0.6 is 0 Å². The van der Waals surface area contributed by atoms with Gasteiger partial charge in [0.25, 0.3) is 0 Å². The Morgan fingerprint density at radius 3 is 2.73 bits per heavy atom. The molecule has 1 aliphatic carbocycles. The number of hydrogen-bond acceptors (Lipinski definition) is 2. The molecular formula is C12H22N2O. The molecular weight excluding hydrogens is 188 g/mol. The minimum atomic E-state index is 0.299. The van der Waals surface area contributed by atoms with Gasteiger partial charge in [-0.25, -0.2) is 0 Å². The van der Waals surface area contributed by atoms with Crippen LogP contribution in [0.5, 0.6) is 0 Å². The van der Waals surface area contributed by atoms with Crippen LogP contribution in [0.2, 0.25) is 0 Å². The van der Waals surface area contributed by atoms with E-state index >= 15 is 0 Å². The third-order valence-corrected chi connectivity index (χ3v) is 3.71. The lowest BCUT2D eigenvalue weighted by Crippen LogP contribution is -2.50. The standard InChI is InChI=1S/C12H22N2O/c1-3-11(9-4-5-9)13-10-6-7-12(15)14(2)8-10/h9-11,13H,3-8H2,1-2H3. The summed E-state index contributed by atoms with van der Waals surface area (Å²) in [6.45, 7) is 3.15. The number of rotatable bonds is 4. The van der Waals surface area contributed by atoms with E-state index in [2.05, 4.69) is 12.2 Å². The zero-order chi connectivity index (χ0) is 10.8. The Hall–Kier alpha value is -0.570. The first-order valence-corrected chi connectivity index (χ1v) is 6.20. The second kappa shape index (κ2) is 4.52. The summed E-state index contributed by atoms with van der Waals surface area (Å²) in [6.07, 6.45) is 5.75. The van der Waals surface area contributed by atoms with Gasteiger partial charge < -0.3 is 10.2 Å². The lowest BCUT2D eigenvalue weighted by Gasteiger charge is -2.33. The van der Waals surface area contributed by atoms with Crippen molar-refractivity contribution in [2.45, 2.75) is 51.1 Å². The molecule has 1 amide bonds. The Kier molecular flexibility index (Phi) is 3.29. The highest BCUT2D eigenvalue weighted by Crippen LogP contribution is 2.34. The van der Waals surface area contributed by atoms with Crippen LogP contribution in [0.3, 0.4) is 0 Å². The van der Waals surface area contributed by atoms with E-state index in [1.54, 1.807) is 0 Å². The van der Waals surface area contributed by atoms with Crippen LogP contribution in [0.4, 0.5) is 0 Å². The lowest BCUT2D eigenvalue weighted by atomic mass is 10.0. The Morgan fingerprint density at radius 2 is 2.20 bits per heavy atom. The average Bonchev–Trinajstić information content (AvgIpc) is 3.03. The van der Waals surface area contributed by atoms with Gasteiger partial charge in [0, 0.05) is 32.1 Å². The number of carbonyl (C=O) groups is 1. The van der Waals surface area contributed by atoms with Crippen molar-refractivity contribution in [2.24, 2.45) is 5.92 Å². The van der Waals surface area contributed by atoms with Crippen molar-refractivity contribution >= 4 is 5.91 Å². The van der Waals surface area contributed by atoms with E-state index in [-0.39, 0.29) is 0 Å². The van der Waals surface area contributed by atoms with Gasteiger partial charge in [-0.1, -0.05) is 6.92 Å². The number of hydrogen-bond donors (Lipinski definition) is 1. The largest absolute Gasteiger partial charge is 0.344 e. The van der Waals surface area contributed by atoms with E-state index in [0.717, 1.165) is 25.3 Å². The van der Waals surface area contributed by atoms with Gasteiger partial charge in [-0.05, 0) is 31.6 Å². The molecule has 3 nitrogen and oxygen atoms in total. The van der Waals surface area contributed by atoms with Gasteiger partial charge in [-0.3, -0.25) is 4.79 Å². The predicted molar refractivity (Wildman–Crippen MR) is 60.6 cm³/mol.